The van der Waals surface area contributed by atoms with Crippen molar-refractivity contribution in [3.8, 4) is 0 Å². The van der Waals surface area contributed by atoms with E-state index in [2.05, 4.69) is 61.5 Å². The summed E-state index contributed by atoms with van der Waals surface area (Å²) in [4.78, 5) is 12.9. The number of esters is 1. The van der Waals surface area contributed by atoms with E-state index < -0.39 is 0 Å². The molecule has 5 fully saturated rings. The standard InChI is InChI=1S/C39H64O3/c1-9-27(23(2)3)12-10-24(4)32-16-17-33-31-15-13-28-22-29(18-20-38(28,7)34(31)19-21-39(32,33)8)41-37-26(6)30-14-11-25(5)35(30)36(40)42-37/h13,23-27,29-35,37H,9-12,14-22H2,1-8H3/t24-,25+,26?,27-,29+,30-,31+,32-,33+,34+,35-,37+,38+,39-/m1/s1. The minimum absolute atomic E-state index is 0.00742. The van der Waals surface area contributed by atoms with Gasteiger partial charge >= 0.3 is 5.97 Å². The van der Waals surface area contributed by atoms with Crippen molar-refractivity contribution in [3.05, 3.63) is 11.6 Å². The first kappa shape index (κ1) is 31.2. The summed E-state index contributed by atoms with van der Waals surface area (Å²) in [6.07, 6.45) is 19.5. The highest BCUT2D eigenvalue weighted by Gasteiger charge is 2.59. The lowest BCUT2D eigenvalue weighted by atomic mass is 9.47. The fourth-order valence-electron chi connectivity index (χ4n) is 12.5. The van der Waals surface area contributed by atoms with Gasteiger partial charge in [0, 0.05) is 5.92 Å². The zero-order chi connectivity index (χ0) is 30.0. The molecule has 0 spiro atoms. The number of allylic oxidation sites excluding steroid dienone is 1. The normalized spacial score (nSPS) is 48.0. The van der Waals surface area contributed by atoms with Crippen molar-refractivity contribution in [1.82, 2.24) is 0 Å². The van der Waals surface area contributed by atoms with Crippen LogP contribution in [0.15, 0.2) is 11.6 Å². The van der Waals surface area contributed by atoms with Gasteiger partial charge in [-0.2, -0.15) is 0 Å². The van der Waals surface area contributed by atoms with Gasteiger partial charge in [-0.1, -0.05) is 79.9 Å². The first-order chi connectivity index (χ1) is 20.0. The number of carbonyl (C=O) groups is 1. The molecule has 42 heavy (non-hydrogen) atoms. The van der Waals surface area contributed by atoms with Gasteiger partial charge in [0.15, 0.2) is 0 Å². The molecule has 5 aliphatic carbocycles. The second-order valence-electron chi connectivity index (χ2n) is 17.4. The van der Waals surface area contributed by atoms with Gasteiger partial charge in [0.2, 0.25) is 6.29 Å². The maximum Gasteiger partial charge on any atom is 0.311 e. The van der Waals surface area contributed by atoms with E-state index in [1.54, 1.807) is 5.57 Å². The highest BCUT2D eigenvalue weighted by molar-refractivity contribution is 5.74. The maximum atomic E-state index is 12.9. The van der Waals surface area contributed by atoms with E-state index in [1.807, 2.05) is 0 Å². The van der Waals surface area contributed by atoms with E-state index in [4.69, 9.17) is 9.47 Å². The lowest BCUT2D eigenvalue weighted by molar-refractivity contribution is -0.235. The van der Waals surface area contributed by atoms with Crippen molar-refractivity contribution in [2.24, 2.45) is 75.9 Å². The number of hydrogen-bond donors (Lipinski definition) is 0. The third-order valence-electron chi connectivity index (χ3n) is 15.2. The topological polar surface area (TPSA) is 35.5 Å². The summed E-state index contributed by atoms with van der Waals surface area (Å²) in [5.41, 5.74) is 2.55. The first-order valence-electron chi connectivity index (χ1n) is 18.5. The van der Waals surface area contributed by atoms with E-state index in [0.717, 1.165) is 67.1 Å². The fraction of sp³-hybridized carbons (Fsp3) is 0.923. The van der Waals surface area contributed by atoms with E-state index >= 15 is 0 Å². The summed E-state index contributed by atoms with van der Waals surface area (Å²) in [5.74, 6) is 7.40. The number of rotatable bonds is 8. The van der Waals surface area contributed by atoms with Gasteiger partial charge in [-0.15, -0.1) is 0 Å². The molecule has 1 unspecified atom stereocenters. The lowest BCUT2D eigenvalue weighted by Crippen LogP contribution is -2.51. The van der Waals surface area contributed by atoms with Crippen molar-refractivity contribution in [1.29, 1.82) is 0 Å². The van der Waals surface area contributed by atoms with Gasteiger partial charge in [-0.3, -0.25) is 4.79 Å². The molecule has 1 saturated heterocycles. The van der Waals surface area contributed by atoms with Crippen LogP contribution in [-0.2, 0) is 14.3 Å². The zero-order valence-corrected chi connectivity index (χ0v) is 28.5. The molecule has 0 N–H and O–H groups in total. The van der Waals surface area contributed by atoms with Gasteiger partial charge in [0.25, 0.3) is 0 Å². The molecule has 0 radical (unpaired) electrons. The molecule has 0 amide bonds. The van der Waals surface area contributed by atoms with Crippen molar-refractivity contribution >= 4 is 5.97 Å². The maximum absolute atomic E-state index is 12.9. The number of hydrogen-bond acceptors (Lipinski definition) is 3. The predicted molar refractivity (Wildman–Crippen MR) is 172 cm³/mol. The van der Waals surface area contributed by atoms with Crippen LogP contribution < -0.4 is 0 Å². The molecule has 0 aromatic carbocycles. The zero-order valence-electron chi connectivity index (χ0n) is 28.5. The Morgan fingerprint density at radius 3 is 2.48 bits per heavy atom. The van der Waals surface area contributed by atoms with Gasteiger partial charge < -0.3 is 9.47 Å². The highest BCUT2D eigenvalue weighted by Crippen LogP contribution is 2.67. The van der Waals surface area contributed by atoms with Crippen LogP contribution in [0.25, 0.3) is 0 Å². The summed E-state index contributed by atoms with van der Waals surface area (Å²) in [6.45, 7) is 19.7. The molecule has 1 heterocycles. The number of ether oxygens (including phenoxy) is 2. The van der Waals surface area contributed by atoms with Gasteiger partial charge in [-0.25, -0.2) is 0 Å². The smallest absolute Gasteiger partial charge is 0.311 e. The van der Waals surface area contributed by atoms with Crippen LogP contribution in [0.1, 0.15) is 139 Å². The second-order valence-corrected chi connectivity index (χ2v) is 17.4. The van der Waals surface area contributed by atoms with Crippen molar-refractivity contribution in [2.45, 2.75) is 151 Å². The van der Waals surface area contributed by atoms with E-state index in [0.29, 0.717) is 28.6 Å². The van der Waals surface area contributed by atoms with Crippen LogP contribution in [0, 0.1) is 75.9 Å². The third kappa shape index (κ3) is 5.16. The summed E-state index contributed by atoms with van der Waals surface area (Å²) < 4.78 is 12.7. The number of cyclic esters (lactones) is 1. The molecular formula is C39H64O3. The summed E-state index contributed by atoms with van der Waals surface area (Å²) in [5, 5.41) is 0. The molecule has 3 heteroatoms. The van der Waals surface area contributed by atoms with Crippen LogP contribution in [0.4, 0.5) is 0 Å². The molecule has 14 atom stereocenters. The van der Waals surface area contributed by atoms with Crippen molar-refractivity contribution in [3.63, 3.8) is 0 Å². The molecule has 4 saturated carbocycles. The average Bonchev–Trinajstić information content (AvgIpc) is 3.52. The summed E-state index contributed by atoms with van der Waals surface area (Å²) in [6, 6.07) is 0. The van der Waals surface area contributed by atoms with Crippen LogP contribution in [0.2, 0.25) is 0 Å². The van der Waals surface area contributed by atoms with Crippen molar-refractivity contribution in [2.75, 3.05) is 0 Å². The minimum Gasteiger partial charge on any atom is -0.435 e. The molecule has 6 aliphatic rings. The Kier molecular flexibility index (Phi) is 8.78. The van der Waals surface area contributed by atoms with E-state index in [1.165, 1.54) is 57.8 Å². The SMILES string of the molecule is CC[C@H](CC[C@@H](C)[C@H]1CC[C@H]2[C@@H]3CC=C4C[C@@H](O[C@H]5OC(=O)[C@H]6[C@H](CC[C@@H]6C)C5C)CC[C@]4(C)[C@H]3CC[C@]12C)C(C)C. The Morgan fingerprint density at radius 1 is 0.952 bits per heavy atom. The molecule has 1 aliphatic heterocycles. The molecule has 3 nitrogen and oxygen atoms in total. The molecule has 238 valence electrons. The predicted octanol–water partition coefficient (Wildman–Crippen LogP) is 10.2. The minimum atomic E-state index is -0.351. The first-order valence-corrected chi connectivity index (χ1v) is 18.5. The molecule has 6 rings (SSSR count). The summed E-state index contributed by atoms with van der Waals surface area (Å²) in [7, 11) is 0. The Balaban J connectivity index is 1.10. The lowest BCUT2D eigenvalue weighted by Gasteiger charge is -2.58. The molecule has 0 bridgehead atoms. The Bertz CT molecular complexity index is 1020. The monoisotopic (exact) mass is 580 g/mol. The second kappa shape index (κ2) is 11.8. The summed E-state index contributed by atoms with van der Waals surface area (Å²) >= 11 is 0. The Labute approximate surface area is 258 Å². The quantitative estimate of drug-likeness (QED) is 0.212. The van der Waals surface area contributed by atoms with Gasteiger partial charge in [-0.05, 0) is 135 Å². The number of fused-ring (bicyclic) bond motifs is 6. The third-order valence-corrected chi connectivity index (χ3v) is 15.2. The van der Waals surface area contributed by atoms with Crippen LogP contribution in [0.5, 0.6) is 0 Å². The fourth-order valence-corrected chi connectivity index (χ4v) is 12.5. The average molecular weight is 581 g/mol. The highest BCUT2D eigenvalue weighted by atomic mass is 16.7. The van der Waals surface area contributed by atoms with Crippen LogP contribution >= 0.6 is 0 Å². The Hall–Kier alpha value is -0.830. The van der Waals surface area contributed by atoms with Crippen LogP contribution in [0.3, 0.4) is 0 Å². The largest absolute Gasteiger partial charge is 0.435 e. The number of carbonyl (C=O) groups excluding carboxylic acids is 1. The molecular weight excluding hydrogens is 516 g/mol. The molecule has 0 aromatic heterocycles. The van der Waals surface area contributed by atoms with Crippen molar-refractivity contribution < 1.29 is 14.3 Å². The van der Waals surface area contributed by atoms with E-state index in [9.17, 15) is 4.79 Å². The van der Waals surface area contributed by atoms with Crippen LogP contribution in [-0.4, -0.2) is 18.4 Å². The van der Waals surface area contributed by atoms with E-state index in [-0.39, 0.29) is 24.3 Å². The van der Waals surface area contributed by atoms with Gasteiger partial charge in [0.1, 0.15) is 0 Å². The van der Waals surface area contributed by atoms with Gasteiger partial charge in [0.05, 0.1) is 12.0 Å². The molecule has 0 aromatic rings. The Morgan fingerprint density at radius 2 is 1.74 bits per heavy atom.